The molecular weight excluding hydrogens is 466 g/mol. The first-order chi connectivity index (χ1) is 17.5. The Bertz CT molecular complexity index is 1080. The summed E-state index contributed by atoms with van der Waals surface area (Å²) in [6.45, 7) is 6.62. The van der Waals surface area contributed by atoms with Crippen molar-refractivity contribution in [2.24, 2.45) is 0 Å². The number of benzene rings is 2. The maximum atomic E-state index is 13.8. The summed E-state index contributed by atoms with van der Waals surface area (Å²) in [5.74, 6) is 0.423. The summed E-state index contributed by atoms with van der Waals surface area (Å²) in [6, 6.07) is 18.3. The zero-order chi connectivity index (χ0) is 26.8. The second kappa shape index (κ2) is 10.4. The van der Waals surface area contributed by atoms with Crippen LogP contribution in [0.1, 0.15) is 57.6 Å². The van der Waals surface area contributed by atoms with Gasteiger partial charge in [0, 0.05) is 18.6 Å². The number of amides is 2. The predicted octanol–water partition coefficient (Wildman–Crippen LogP) is 5.04. The van der Waals surface area contributed by atoms with Gasteiger partial charge in [-0.25, -0.2) is 4.79 Å². The Labute approximate surface area is 221 Å². The number of urea groups is 1. The highest BCUT2D eigenvalue weighted by atomic mass is 16.6. The SMILES string of the molecule is COc1ccc(CN2CC3(CCC(c4ccccc4)(N(C)C)CC3)N(CC(=O)OC(C)(C)C)C2=O)cc1. The van der Waals surface area contributed by atoms with Crippen LogP contribution >= 0.6 is 0 Å². The van der Waals surface area contributed by atoms with E-state index in [4.69, 9.17) is 9.47 Å². The Hall–Kier alpha value is -3.06. The largest absolute Gasteiger partial charge is 0.497 e. The fraction of sp³-hybridized carbons (Fsp3) is 0.533. The number of methoxy groups -OCH3 is 1. The summed E-state index contributed by atoms with van der Waals surface area (Å²) in [4.78, 5) is 32.7. The highest BCUT2D eigenvalue weighted by Crippen LogP contribution is 2.49. The molecule has 0 radical (unpaired) electrons. The van der Waals surface area contributed by atoms with Crippen LogP contribution in [-0.2, 0) is 21.6 Å². The number of nitrogens with zero attached hydrogens (tertiary/aromatic N) is 3. The third-order valence-electron chi connectivity index (χ3n) is 7.97. The van der Waals surface area contributed by atoms with E-state index in [2.05, 4.69) is 43.3 Å². The van der Waals surface area contributed by atoms with Crippen molar-refractivity contribution in [1.82, 2.24) is 14.7 Å². The lowest BCUT2D eigenvalue weighted by Gasteiger charge is -2.50. The van der Waals surface area contributed by atoms with Crippen molar-refractivity contribution < 1.29 is 19.1 Å². The number of hydrogen-bond acceptors (Lipinski definition) is 5. The predicted molar refractivity (Wildman–Crippen MR) is 144 cm³/mol. The molecule has 0 N–H and O–H groups in total. The highest BCUT2D eigenvalue weighted by molar-refractivity contribution is 5.84. The summed E-state index contributed by atoms with van der Waals surface area (Å²) in [7, 11) is 5.92. The lowest BCUT2D eigenvalue weighted by Crippen LogP contribution is -2.56. The maximum absolute atomic E-state index is 13.8. The molecule has 200 valence electrons. The summed E-state index contributed by atoms with van der Waals surface area (Å²) >= 11 is 0. The van der Waals surface area contributed by atoms with E-state index in [1.165, 1.54) is 5.56 Å². The molecule has 2 amide bonds. The van der Waals surface area contributed by atoms with Crippen molar-refractivity contribution in [3.8, 4) is 5.75 Å². The molecule has 1 heterocycles. The van der Waals surface area contributed by atoms with E-state index in [-0.39, 0.29) is 24.1 Å². The first-order valence-electron chi connectivity index (χ1n) is 13.1. The maximum Gasteiger partial charge on any atom is 0.326 e. The van der Waals surface area contributed by atoms with Gasteiger partial charge in [-0.1, -0.05) is 42.5 Å². The summed E-state index contributed by atoms with van der Waals surface area (Å²) < 4.78 is 10.9. The molecule has 7 nitrogen and oxygen atoms in total. The van der Waals surface area contributed by atoms with Crippen molar-refractivity contribution in [1.29, 1.82) is 0 Å². The van der Waals surface area contributed by atoms with Gasteiger partial charge in [0.15, 0.2) is 0 Å². The molecule has 7 heteroatoms. The Morgan fingerprint density at radius 2 is 1.59 bits per heavy atom. The van der Waals surface area contributed by atoms with Crippen molar-refractivity contribution in [3.63, 3.8) is 0 Å². The monoisotopic (exact) mass is 507 g/mol. The Morgan fingerprint density at radius 1 is 0.973 bits per heavy atom. The Balaban J connectivity index is 1.60. The Morgan fingerprint density at radius 3 is 2.14 bits per heavy atom. The van der Waals surface area contributed by atoms with E-state index in [0.717, 1.165) is 37.0 Å². The lowest BCUT2D eigenvalue weighted by molar-refractivity contribution is -0.156. The second-order valence-electron chi connectivity index (χ2n) is 11.7. The van der Waals surface area contributed by atoms with Gasteiger partial charge >= 0.3 is 12.0 Å². The molecule has 1 saturated heterocycles. The first kappa shape index (κ1) is 27.0. The van der Waals surface area contributed by atoms with Crippen molar-refractivity contribution in [3.05, 3.63) is 65.7 Å². The van der Waals surface area contributed by atoms with Crippen LogP contribution < -0.4 is 4.74 Å². The third-order valence-corrected chi connectivity index (χ3v) is 7.97. The minimum Gasteiger partial charge on any atom is -0.497 e. The smallest absolute Gasteiger partial charge is 0.326 e. The van der Waals surface area contributed by atoms with Gasteiger partial charge in [-0.05, 0) is 83.8 Å². The van der Waals surface area contributed by atoms with Crippen LogP contribution in [-0.4, -0.2) is 72.1 Å². The number of carbonyl (C=O) groups is 2. The minimum atomic E-state index is -0.601. The van der Waals surface area contributed by atoms with Crippen molar-refractivity contribution >= 4 is 12.0 Å². The fourth-order valence-corrected chi connectivity index (χ4v) is 5.99. The van der Waals surface area contributed by atoms with Gasteiger partial charge in [0.2, 0.25) is 0 Å². The number of hydrogen-bond donors (Lipinski definition) is 0. The van der Waals surface area contributed by atoms with Crippen molar-refractivity contribution in [2.45, 2.75) is 69.7 Å². The van der Waals surface area contributed by atoms with Gasteiger partial charge in [-0.3, -0.25) is 9.69 Å². The van der Waals surface area contributed by atoms with E-state index in [0.29, 0.717) is 13.1 Å². The van der Waals surface area contributed by atoms with E-state index in [1.807, 2.05) is 56.0 Å². The molecule has 2 fully saturated rings. The third kappa shape index (κ3) is 5.61. The summed E-state index contributed by atoms with van der Waals surface area (Å²) in [5.41, 5.74) is 1.22. The Kier molecular flexibility index (Phi) is 7.56. The zero-order valence-corrected chi connectivity index (χ0v) is 23.1. The quantitative estimate of drug-likeness (QED) is 0.491. The second-order valence-corrected chi connectivity index (χ2v) is 11.7. The van der Waals surface area contributed by atoms with Crippen molar-refractivity contribution in [2.75, 3.05) is 34.3 Å². The molecule has 1 saturated carbocycles. The van der Waals surface area contributed by atoms with Crippen LogP contribution in [0.5, 0.6) is 5.75 Å². The number of ether oxygens (including phenoxy) is 2. The van der Waals surface area contributed by atoms with Gasteiger partial charge in [-0.2, -0.15) is 0 Å². The van der Waals surface area contributed by atoms with Crippen LogP contribution in [0.25, 0.3) is 0 Å². The molecule has 1 aliphatic heterocycles. The lowest BCUT2D eigenvalue weighted by atomic mass is 9.68. The number of rotatable bonds is 7. The molecule has 2 aromatic rings. The van der Waals surface area contributed by atoms with Crippen LogP contribution in [0.3, 0.4) is 0 Å². The van der Waals surface area contributed by atoms with E-state index in [1.54, 1.807) is 12.0 Å². The van der Waals surface area contributed by atoms with E-state index >= 15 is 0 Å². The molecule has 2 aliphatic rings. The van der Waals surface area contributed by atoms with Crippen LogP contribution in [0.2, 0.25) is 0 Å². The molecule has 0 bridgehead atoms. The number of carbonyl (C=O) groups excluding carboxylic acids is 2. The van der Waals surface area contributed by atoms with E-state index < -0.39 is 11.1 Å². The summed E-state index contributed by atoms with van der Waals surface area (Å²) in [6.07, 6.45) is 3.43. The van der Waals surface area contributed by atoms with Gasteiger partial charge in [0.05, 0.1) is 12.6 Å². The highest BCUT2D eigenvalue weighted by Gasteiger charge is 2.55. The normalized spacial score (nSPS) is 24.1. The molecular formula is C30H41N3O4. The molecule has 37 heavy (non-hydrogen) atoms. The molecule has 1 spiro atoms. The molecule has 0 atom stereocenters. The topological polar surface area (TPSA) is 62.3 Å². The number of esters is 1. The average molecular weight is 508 g/mol. The van der Waals surface area contributed by atoms with Crippen LogP contribution in [0.4, 0.5) is 4.79 Å². The van der Waals surface area contributed by atoms with Gasteiger partial charge in [-0.15, -0.1) is 0 Å². The van der Waals surface area contributed by atoms with Crippen LogP contribution in [0.15, 0.2) is 54.6 Å². The van der Waals surface area contributed by atoms with Gasteiger partial charge in [0.25, 0.3) is 0 Å². The molecule has 0 unspecified atom stereocenters. The standard InChI is InChI=1S/C30H41N3O4/c1-28(2,3)37-26(34)21-33-27(35)32(20-23-12-14-25(36-6)15-13-23)22-29(33)16-18-30(19-17-29,31(4)5)24-10-8-7-9-11-24/h7-15H,16-22H2,1-6H3. The zero-order valence-electron chi connectivity index (χ0n) is 23.1. The van der Waals surface area contributed by atoms with Crippen LogP contribution in [0, 0.1) is 0 Å². The molecule has 1 aliphatic carbocycles. The molecule has 4 rings (SSSR count). The molecule has 2 aromatic carbocycles. The van der Waals surface area contributed by atoms with E-state index in [9.17, 15) is 9.59 Å². The fourth-order valence-electron chi connectivity index (χ4n) is 5.99. The summed E-state index contributed by atoms with van der Waals surface area (Å²) in [5, 5.41) is 0. The van der Waals surface area contributed by atoms with Gasteiger partial charge < -0.3 is 19.3 Å². The minimum absolute atomic E-state index is 0.0322. The van der Waals surface area contributed by atoms with Gasteiger partial charge in [0.1, 0.15) is 17.9 Å². The molecule has 0 aromatic heterocycles. The average Bonchev–Trinajstić information content (AvgIpc) is 3.09. The first-order valence-corrected chi connectivity index (χ1v) is 13.1.